The van der Waals surface area contributed by atoms with Gasteiger partial charge in [0.05, 0.1) is 11.9 Å². The van der Waals surface area contributed by atoms with Crippen LogP contribution in [0.15, 0.2) is 48.5 Å². The van der Waals surface area contributed by atoms with E-state index in [1.165, 1.54) is 4.90 Å². The molecule has 0 aliphatic carbocycles. The molecule has 8 heteroatoms. The first kappa shape index (κ1) is 28.4. The van der Waals surface area contributed by atoms with E-state index in [-0.39, 0.29) is 25.0 Å². The molecule has 2 rings (SSSR count). The summed E-state index contributed by atoms with van der Waals surface area (Å²) in [7, 11) is -3.75. The lowest BCUT2D eigenvalue weighted by Crippen LogP contribution is -2.53. The third kappa shape index (κ3) is 7.82. The van der Waals surface area contributed by atoms with Crippen molar-refractivity contribution >= 4 is 27.5 Å². The van der Waals surface area contributed by atoms with Crippen molar-refractivity contribution in [3.8, 4) is 0 Å². The number of hydrogen-bond acceptors (Lipinski definition) is 4. The zero-order valence-electron chi connectivity index (χ0n) is 21.7. The Bertz CT molecular complexity index is 1120. The van der Waals surface area contributed by atoms with E-state index in [1.54, 1.807) is 12.1 Å². The predicted molar refractivity (Wildman–Crippen MR) is 142 cm³/mol. The van der Waals surface area contributed by atoms with Gasteiger partial charge < -0.3 is 10.2 Å². The largest absolute Gasteiger partial charge is 0.352 e. The Morgan fingerprint density at radius 3 is 2.26 bits per heavy atom. The highest BCUT2D eigenvalue weighted by Gasteiger charge is 2.32. The number of rotatable bonds is 12. The van der Waals surface area contributed by atoms with Crippen molar-refractivity contribution in [2.24, 2.45) is 0 Å². The van der Waals surface area contributed by atoms with E-state index in [2.05, 4.69) is 5.32 Å². The summed E-state index contributed by atoms with van der Waals surface area (Å²) in [5.74, 6) is -0.656. The average Bonchev–Trinajstić information content (AvgIpc) is 2.81. The summed E-state index contributed by atoms with van der Waals surface area (Å²) < 4.78 is 26.7. The van der Waals surface area contributed by atoms with Crippen molar-refractivity contribution in [3.05, 3.63) is 65.2 Å². The summed E-state index contributed by atoms with van der Waals surface area (Å²) in [4.78, 5) is 28.4. The van der Waals surface area contributed by atoms with Crippen molar-refractivity contribution in [1.82, 2.24) is 10.2 Å². The van der Waals surface area contributed by atoms with Gasteiger partial charge in [0.2, 0.25) is 21.8 Å². The Balaban J connectivity index is 2.48. The van der Waals surface area contributed by atoms with Gasteiger partial charge in [0, 0.05) is 12.6 Å². The first-order chi connectivity index (χ1) is 16.5. The third-order valence-corrected chi connectivity index (χ3v) is 7.27. The molecule has 2 unspecified atom stereocenters. The first-order valence-electron chi connectivity index (χ1n) is 12.2. The molecule has 0 aromatic heterocycles. The number of amides is 2. The molecule has 0 saturated heterocycles. The highest BCUT2D eigenvalue weighted by molar-refractivity contribution is 7.92. The Kier molecular flexibility index (Phi) is 10.3. The molecule has 7 nitrogen and oxygen atoms in total. The lowest BCUT2D eigenvalue weighted by molar-refractivity contribution is -0.140. The van der Waals surface area contributed by atoms with Crippen LogP contribution in [0.5, 0.6) is 0 Å². The number of para-hydroxylation sites is 1. The summed E-state index contributed by atoms with van der Waals surface area (Å²) in [6.07, 6.45) is 2.90. The van der Waals surface area contributed by atoms with Gasteiger partial charge in [-0.3, -0.25) is 13.9 Å². The van der Waals surface area contributed by atoms with Crippen LogP contribution in [0, 0.1) is 6.92 Å². The fraction of sp³-hybridized carbons (Fsp3) is 0.481. The van der Waals surface area contributed by atoms with E-state index < -0.39 is 22.0 Å². The van der Waals surface area contributed by atoms with Crippen LogP contribution in [0.1, 0.15) is 57.2 Å². The Labute approximate surface area is 210 Å². The Morgan fingerprint density at radius 1 is 1.00 bits per heavy atom. The number of aryl methyl sites for hydroxylation is 2. The van der Waals surface area contributed by atoms with E-state index >= 15 is 0 Å². The van der Waals surface area contributed by atoms with Crippen LogP contribution in [0.3, 0.4) is 0 Å². The van der Waals surface area contributed by atoms with Gasteiger partial charge in [-0.15, -0.1) is 0 Å². The number of anilines is 1. The molecule has 0 aliphatic rings. The second kappa shape index (κ2) is 12.7. The molecule has 2 amide bonds. The summed E-state index contributed by atoms with van der Waals surface area (Å²) in [5.41, 5.74) is 3.24. The zero-order valence-corrected chi connectivity index (χ0v) is 22.6. The normalized spacial score (nSPS) is 13.1. The molecular weight excluding hydrogens is 462 g/mol. The lowest BCUT2D eigenvalue weighted by atomic mass is 10.1. The van der Waals surface area contributed by atoms with Crippen LogP contribution < -0.4 is 9.62 Å². The highest BCUT2D eigenvalue weighted by Crippen LogP contribution is 2.24. The minimum absolute atomic E-state index is 0.0311. The minimum atomic E-state index is -3.75. The van der Waals surface area contributed by atoms with Crippen molar-refractivity contribution in [1.29, 1.82) is 0 Å². The second-order valence-corrected chi connectivity index (χ2v) is 10.9. The number of sulfonamides is 1. The predicted octanol–water partition coefficient (Wildman–Crippen LogP) is 4.05. The summed E-state index contributed by atoms with van der Waals surface area (Å²) in [6, 6.07) is 14.2. The molecule has 1 N–H and O–H groups in total. The maximum Gasteiger partial charge on any atom is 0.244 e. The smallest absolute Gasteiger partial charge is 0.244 e. The van der Waals surface area contributed by atoms with Gasteiger partial charge in [-0.05, 0) is 50.3 Å². The number of nitrogens with one attached hydrogen (secondary N) is 1. The first-order valence-corrected chi connectivity index (χ1v) is 14.1. The fourth-order valence-electron chi connectivity index (χ4n) is 4.02. The molecule has 2 atom stereocenters. The van der Waals surface area contributed by atoms with Crippen LogP contribution in [0.25, 0.3) is 0 Å². The summed E-state index contributed by atoms with van der Waals surface area (Å²) in [6.45, 7) is 9.50. The number of hydrogen-bond donors (Lipinski definition) is 1. The number of carbonyl (C=O) groups excluding carboxylic acids is 2. The van der Waals surface area contributed by atoms with Gasteiger partial charge in [-0.1, -0.05) is 68.8 Å². The molecule has 2 aromatic carbocycles. The van der Waals surface area contributed by atoms with Gasteiger partial charge in [-0.25, -0.2) is 8.42 Å². The third-order valence-electron chi connectivity index (χ3n) is 6.14. The summed E-state index contributed by atoms with van der Waals surface area (Å²) in [5, 5.41) is 2.98. The molecule has 0 saturated carbocycles. The van der Waals surface area contributed by atoms with Crippen LogP contribution in [-0.4, -0.2) is 50.0 Å². The standard InChI is InChI=1S/C27H39N3O4S/c1-7-21(5)28-27(32)24(9-3)29(18-22-14-12-13-20(4)17-22)26(31)19-30(35(6,33)34)25-16-11-10-15-23(25)8-2/h10-17,21,24H,7-9,18-19H2,1-6H3,(H,28,32). The average molecular weight is 502 g/mol. The zero-order chi connectivity index (χ0) is 26.2. The highest BCUT2D eigenvalue weighted by atomic mass is 32.2. The molecule has 0 bridgehead atoms. The number of carbonyl (C=O) groups is 2. The number of benzene rings is 2. The van der Waals surface area contributed by atoms with Crippen molar-refractivity contribution in [2.45, 2.75) is 72.5 Å². The van der Waals surface area contributed by atoms with E-state index in [9.17, 15) is 18.0 Å². The fourth-order valence-corrected chi connectivity index (χ4v) is 4.90. The van der Waals surface area contributed by atoms with E-state index in [0.717, 1.165) is 33.7 Å². The van der Waals surface area contributed by atoms with Gasteiger partial charge in [0.1, 0.15) is 12.6 Å². The molecule has 0 fully saturated rings. The van der Waals surface area contributed by atoms with E-state index in [4.69, 9.17) is 0 Å². The molecule has 0 aliphatic heterocycles. The van der Waals surface area contributed by atoms with Gasteiger partial charge in [-0.2, -0.15) is 0 Å². The summed E-state index contributed by atoms with van der Waals surface area (Å²) >= 11 is 0. The monoisotopic (exact) mass is 501 g/mol. The minimum Gasteiger partial charge on any atom is -0.352 e. The van der Waals surface area contributed by atoms with Crippen LogP contribution >= 0.6 is 0 Å². The second-order valence-electron chi connectivity index (χ2n) is 9.00. The molecule has 0 radical (unpaired) electrons. The number of nitrogens with zero attached hydrogens (tertiary/aromatic N) is 2. The topological polar surface area (TPSA) is 86.8 Å². The quantitative estimate of drug-likeness (QED) is 0.475. The van der Waals surface area contributed by atoms with Crippen LogP contribution in [0.4, 0.5) is 5.69 Å². The van der Waals surface area contributed by atoms with Gasteiger partial charge >= 0.3 is 0 Å². The lowest BCUT2D eigenvalue weighted by Gasteiger charge is -2.33. The van der Waals surface area contributed by atoms with Gasteiger partial charge in [0.25, 0.3) is 0 Å². The van der Waals surface area contributed by atoms with Crippen molar-refractivity contribution < 1.29 is 18.0 Å². The van der Waals surface area contributed by atoms with Crippen molar-refractivity contribution in [3.63, 3.8) is 0 Å². The Morgan fingerprint density at radius 2 is 1.69 bits per heavy atom. The van der Waals surface area contributed by atoms with Crippen LogP contribution in [-0.2, 0) is 32.6 Å². The molecule has 0 heterocycles. The van der Waals surface area contributed by atoms with E-state index in [1.807, 2.05) is 71.0 Å². The SMILES string of the molecule is CCc1ccccc1N(CC(=O)N(Cc1cccc(C)c1)C(CC)C(=O)NC(C)CC)S(C)(=O)=O. The molecule has 192 valence electrons. The van der Waals surface area contributed by atoms with E-state index in [0.29, 0.717) is 18.5 Å². The maximum absolute atomic E-state index is 13.8. The molecule has 2 aromatic rings. The molecular formula is C27H39N3O4S. The molecule has 0 spiro atoms. The van der Waals surface area contributed by atoms with Gasteiger partial charge in [0.15, 0.2) is 0 Å². The Hall–Kier alpha value is -2.87. The molecule has 35 heavy (non-hydrogen) atoms. The van der Waals surface area contributed by atoms with Crippen molar-refractivity contribution in [2.75, 3.05) is 17.1 Å². The van der Waals surface area contributed by atoms with Crippen LogP contribution in [0.2, 0.25) is 0 Å². The maximum atomic E-state index is 13.8.